The number of hydrogen-bond acceptors (Lipinski definition) is 33. The molecule has 0 unspecified atom stereocenters. The van der Waals surface area contributed by atoms with Crippen molar-refractivity contribution in [1.29, 1.82) is 0 Å². The minimum absolute atomic E-state index is 0.208. The lowest BCUT2D eigenvalue weighted by molar-refractivity contribution is 0.414. The summed E-state index contributed by atoms with van der Waals surface area (Å²) in [6.07, 6.45) is 16.2. The van der Waals surface area contributed by atoms with Crippen molar-refractivity contribution >= 4 is 240 Å². The van der Waals surface area contributed by atoms with Gasteiger partial charge in [-0.25, -0.2) is 29.9 Å². The topological polar surface area (TPSA) is 386 Å². The van der Waals surface area contributed by atoms with Crippen LogP contribution < -0.4 is 56.7 Å². The fraction of sp³-hybridized carbons (Fsp3) is 0.165. The van der Waals surface area contributed by atoms with E-state index in [0.29, 0.717) is 46.4 Å². The van der Waals surface area contributed by atoms with Crippen molar-refractivity contribution in [2.45, 2.75) is 50.6 Å². The van der Waals surface area contributed by atoms with Crippen LogP contribution in [0, 0.1) is 0 Å². The zero-order valence-electron chi connectivity index (χ0n) is 69.7. The van der Waals surface area contributed by atoms with E-state index in [1.54, 1.807) is 71.0 Å². The summed E-state index contributed by atoms with van der Waals surface area (Å²) in [6, 6.07) is 56.9. The van der Waals surface area contributed by atoms with Gasteiger partial charge in [-0.05, 0) is 193 Å². The van der Waals surface area contributed by atoms with Gasteiger partial charge in [0.05, 0.1) is 101 Å². The fourth-order valence-electron chi connectivity index (χ4n) is 14.9. The maximum absolute atomic E-state index is 5.40. The number of benzene rings is 7. The van der Waals surface area contributed by atoms with Crippen LogP contribution in [-0.2, 0) is 5.41 Å². The Kier molecular flexibility index (Phi) is 23.0. The van der Waals surface area contributed by atoms with Crippen molar-refractivity contribution in [3.05, 3.63) is 235 Å². The van der Waals surface area contributed by atoms with Crippen molar-refractivity contribution in [3.8, 4) is 17.1 Å². The number of ether oxygens (including phenoxy) is 1. The Labute approximate surface area is 751 Å². The van der Waals surface area contributed by atoms with Crippen LogP contribution in [0.2, 0.25) is 0 Å². The van der Waals surface area contributed by atoms with E-state index in [-0.39, 0.29) is 5.41 Å². The summed E-state index contributed by atoms with van der Waals surface area (Å²) < 4.78 is 14.8. The number of oxazole rings is 1. The number of piperidine rings is 1. The summed E-state index contributed by atoms with van der Waals surface area (Å²) in [7, 11) is 1.70. The normalized spacial score (nSPS) is 12.9. The Morgan fingerprint density at radius 3 is 1.30 bits per heavy atom. The number of hydrogen-bond donors (Lipinski definition) is 11. The number of nitrogens with zero attached hydrogens (tertiary/aromatic N) is 19. The molecule has 2 fully saturated rings. The molecule has 16 heterocycles. The quantitative estimate of drug-likeness (QED) is 0.0316. The first-order valence-electron chi connectivity index (χ1n) is 41.2. The van der Waals surface area contributed by atoms with Gasteiger partial charge < -0.3 is 55.8 Å². The maximum Gasteiger partial charge on any atom is 0.233 e. The average Bonchev–Trinajstić information content (AvgIpc) is 1.69. The molecule has 0 atom stereocenters. The number of nitrogens with one attached hydrogen (secondary N) is 11. The molecule has 638 valence electrons. The van der Waals surface area contributed by atoms with Crippen molar-refractivity contribution in [3.63, 3.8) is 0 Å². The van der Waals surface area contributed by atoms with Crippen LogP contribution in [0.5, 0.6) is 5.75 Å². The first-order chi connectivity index (χ1) is 62.8. The fourth-order valence-corrected chi connectivity index (χ4v) is 18.4. The van der Waals surface area contributed by atoms with Crippen molar-refractivity contribution in [2.75, 3.05) is 105 Å². The van der Waals surface area contributed by atoms with E-state index in [1.807, 2.05) is 150 Å². The number of thiophene rings is 4. The number of aromatic nitrogens is 20. The van der Waals surface area contributed by atoms with E-state index >= 15 is 0 Å². The van der Waals surface area contributed by atoms with Crippen LogP contribution in [-0.4, -0.2) is 153 Å². The van der Waals surface area contributed by atoms with Gasteiger partial charge in [-0.2, -0.15) is 50.3 Å². The molecule has 14 aromatic heterocycles. The predicted octanol–water partition coefficient (Wildman–Crippen LogP) is 21.7. The van der Waals surface area contributed by atoms with Gasteiger partial charge in [0.2, 0.25) is 29.7 Å². The second-order valence-corrected chi connectivity index (χ2v) is 35.5. The smallest absolute Gasteiger partial charge is 0.233 e. The SMILES string of the molecule is COc1cccc(N2CCN(c3nc(Nc4ccc5[nH]ncc5c4)c4sccc4n3)CC2)c1.CSc1nc(Nc2nc(Nc3ccc4[nH]ncc4c3)c3sccc3n2)nc(C(C)(C)C)n1.c1cc(Nc2nc(Nc3ccc4[nH]ncc4c3)c3sccc3n2)cc(-c2cnco2)c1.c1cc2nc(Nc3ccc(N4CCCCC4)cc3)nc(Nc3ccc4[nH]ncc4c3)c2s1. The maximum atomic E-state index is 5.40. The molecule has 0 saturated carbocycles. The van der Waals surface area contributed by atoms with Crippen LogP contribution in [0.15, 0.2) is 238 Å². The van der Waals surface area contributed by atoms with Gasteiger partial charge in [-0.3, -0.25) is 25.7 Å². The van der Waals surface area contributed by atoms with Gasteiger partial charge in [0.1, 0.15) is 11.6 Å². The lowest BCUT2D eigenvalue weighted by atomic mass is 9.96. The number of aromatic amines is 4. The Bertz CT molecular complexity index is 7470. The van der Waals surface area contributed by atoms with Crippen molar-refractivity contribution in [1.82, 2.24) is 101 Å². The number of fused-ring (bicyclic) bond motifs is 8. The Morgan fingerprint density at radius 1 is 0.383 bits per heavy atom. The highest BCUT2D eigenvalue weighted by Gasteiger charge is 2.25. The Balaban J connectivity index is 0.000000107. The van der Waals surface area contributed by atoms with Gasteiger partial charge >= 0.3 is 0 Å². The molecule has 0 amide bonds. The van der Waals surface area contributed by atoms with E-state index in [2.05, 4.69) is 203 Å². The highest BCUT2D eigenvalue weighted by molar-refractivity contribution is 7.98. The molecule has 32 nitrogen and oxygen atoms in total. The first-order valence-corrected chi connectivity index (χ1v) is 45.9. The van der Waals surface area contributed by atoms with Crippen LogP contribution in [0.1, 0.15) is 45.9 Å². The van der Waals surface area contributed by atoms with E-state index in [0.717, 1.165) is 193 Å². The van der Waals surface area contributed by atoms with Gasteiger partial charge in [0, 0.05) is 123 Å². The summed E-state index contributed by atoms with van der Waals surface area (Å²) in [5, 5.41) is 64.9. The molecule has 37 heteroatoms. The molecule has 0 bridgehead atoms. The van der Waals surface area contributed by atoms with Crippen LogP contribution >= 0.6 is 57.1 Å². The monoisotopic (exact) mass is 1790 g/mol. The van der Waals surface area contributed by atoms with E-state index in [9.17, 15) is 0 Å². The van der Waals surface area contributed by atoms with Gasteiger partial charge in [0.15, 0.2) is 40.6 Å². The summed E-state index contributed by atoms with van der Waals surface area (Å²) in [4.78, 5) is 62.8. The third-order valence-electron chi connectivity index (χ3n) is 21.4. The lowest BCUT2D eigenvalue weighted by Crippen LogP contribution is -2.47. The van der Waals surface area contributed by atoms with Gasteiger partial charge in [-0.1, -0.05) is 50.7 Å². The van der Waals surface area contributed by atoms with E-state index < -0.39 is 0 Å². The molecule has 0 spiro atoms. The minimum atomic E-state index is -0.208. The van der Waals surface area contributed by atoms with Crippen LogP contribution in [0.3, 0.4) is 0 Å². The summed E-state index contributed by atoms with van der Waals surface area (Å²) in [5.74, 6) is 8.07. The lowest BCUT2D eigenvalue weighted by Gasteiger charge is -2.36. The number of H-pyrrole nitrogens is 4. The number of anilines is 17. The number of thioether (sulfide) groups is 1. The Hall–Kier alpha value is -15.1. The summed E-state index contributed by atoms with van der Waals surface area (Å²) >= 11 is 7.94. The molecule has 128 heavy (non-hydrogen) atoms. The zero-order chi connectivity index (χ0) is 86.4. The third kappa shape index (κ3) is 18.4. The van der Waals surface area contributed by atoms with E-state index in [1.165, 1.54) is 48.8 Å². The standard InChI is InChI=1S/C24H23N7OS.C24H23N7S.C22H15N7OS.C21H21N9S2/c1-32-19-4-2-3-18(14-19)30-8-10-31(11-9-30)24-27-21-7-12-33-22(21)23(28-24)26-17-5-6-20-16(13-17)15-25-29-20;1-2-11-31(12-3-1)19-7-4-17(5-8-19)27-24-28-21-10-13-32-22(21)23(29-24)26-18-6-9-20-16(14-18)15-25-30-20;1-2-13(19-11-23-12-30-19)8-15(3-1)26-22-27-18-6-7-31-20(18)21(28-22)25-16-4-5-17-14(9-16)10-24-29-17;1-21(2,3)17-26-19(29-20(27-17)31-4)28-18-24-14-7-8-32-15(14)16(25-18)23-12-5-6-13-11(9-12)10-22-30-13/h2-7,12-15H,8-11H2,1H3,(H,25,29)(H,26,27,28);4-10,13-15H,1-3,11-12H2,(H,25,30)(H2,26,27,28,29);1-12H,(H,24,29)(H2,25,26,27,28);5-10H,1-4H3,(H,22,30)(H2,23,24,25,26,27,28,29). The molecular weight excluding hydrogens is 1710 g/mol. The number of rotatable bonds is 20. The van der Waals surface area contributed by atoms with Gasteiger partial charge in [0.25, 0.3) is 0 Å². The number of methoxy groups -OCH3 is 1. The highest BCUT2D eigenvalue weighted by Crippen LogP contribution is 2.39. The Morgan fingerprint density at radius 2 is 0.820 bits per heavy atom. The number of piperazine rings is 1. The first kappa shape index (κ1) is 81.3. The van der Waals surface area contributed by atoms with Crippen molar-refractivity contribution < 1.29 is 9.15 Å². The highest BCUT2D eigenvalue weighted by atomic mass is 32.2. The largest absolute Gasteiger partial charge is 0.497 e. The molecule has 0 radical (unpaired) electrons. The molecule has 0 aliphatic carbocycles. The summed E-state index contributed by atoms with van der Waals surface area (Å²) in [5.41, 5.74) is 16.4. The van der Waals surface area contributed by atoms with E-state index in [4.69, 9.17) is 39.1 Å². The summed E-state index contributed by atoms with van der Waals surface area (Å²) in [6.45, 7) is 12.0. The molecule has 23 rings (SSSR count). The molecule has 7 aromatic carbocycles. The average molecular weight is 1790 g/mol. The predicted molar refractivity (Wildman–Crippen MR) is 519 cm³/mol. The van der Waals surface area contributed by atoms with Gasteiger partial charge in [-0.15, -0.1) is 45.3 Å². The van der Waals surface area contributed by atoms with Crippen LogP contribution in [0.4, 0.5) is 98.5 Å². The zero-order valence-corrected chi connectivity index (χ0v) is 73.7. The molecule has 21 aromatic rings. The van der Waals surface area contributed by atoms with Crippen molar-refractivity contribution in [2.24, 2.45) is 0 Å². The molecule has 11 N–H and O–H groups in total. The third-order valence-corrected chi connectivity index (χ3v) is 25.6. The molecule has 2 saturated heterocycles. The molecule has 2 aliphatic heterocycles. The molecular formula is C91H82N30O2S5. The van der Waals surface area contributed by atoms with Crippen LogP contribution in [0.25, 0.3) is 95.8 Å². The minimum Gasteiger partial charge on any atom is -0.497 e. The second-order valence-electron chi connectivity index (χ2n) is 31.1. The molecule has 2 aliphatic rings. The second kappa shape index (κ2) is 36.3.